The molecule has 2 rings (SSSR count). The molecular formula is C15H17N3O2. The number of methoxy groups -OCH3 is 1. The fraction of sp³-hybridized carbons (Fsp3) is 0.200. The minimum atomic E-state index is -0.463. The van der Waals surface area contributed by atoms with E-state index in [4.69, 9.17) is 10.5 Å². The van der Waals surface area contributed by atoms with Crippen molar-refractivity contribution in [2.24, 2.45) is 0 Å². The van der Waals surface area contributed by atoms with Gasteiger partial charge in [-0.2, -0.15) is 0 Å². The number of carbonyl (C=O) groups excluding carboxylic acids is 1. The van der Waals surface area contributed by atoms with Crippen LogP contribution in [0.2, 0.25) is 0 Å². The maximum atomic E-state index is 11.7. The molecule has 0 bridgehead atoms. The maximum absolute atomic E-state index is 11.7. The summed E-state index contributed by atoms with van der Waals surface area (Å²) < 4.78 is 4.73. The largest absolute Gasteiger partial charge is 0.465 e. The van der Waals surface area contributed by atoms with Crippen molar-refractivity contribution in [2.45, 2.75) is 6.92 Å². The number of hydrogen-bond acceptors (Lipinski definition) is 5. The van der Waals surface area contributed by atoms with Gasteiger partial charge in [0.25, 0.3) is 0 Å². The number of anilines is 3. The molecule has 5 nitrogen and oxygen atoms in total. The Hall–Kier alpha value is -2.56. The van der Waals surface area contributed by atoms with Crippen LogP contribution in [0.4, 0.5) is 17.2 Å². The van der Waals surface area contributed by atoms with Crippen LogP contribution in [0.3, 0.4) is 0 Å². The molecule has 0 radical (unpaired) electrons. The first-order chi connectivity index (χ1) is 9.69. The molecule has 0 saturated heterocycles. The number of hydrogen-bond donors (Lipinski definition) is 1. The first-order valence-corrected chi connectivity index (χ1v) is 6.34. The average molecular weight is 271 g/mol. The van der Waals surface area contributed by atoms with Crippen LogP contribution >= 0.6 is 0 Å². The number of rotatable bonds is 4. The minimum absolute atomic E-state index is 0.324. The van der Waals surface area contributed by atoms with E-state index in [2.05, 4.69) is 4.98 Å². The lowest BCUT2D eigenvalue weighted by Crippen LogP contribution is -2.20. The molecular weight excluding hydrogens is 254 g/mol. The fourth-order valence-electron chi connectivity index (χ4n) is 2.03. The van der Waals surface area contributed by atoms with E-state index in [0.717, 1.165) is 5.69 Å². The highest BCUT2D eigenvalue weighted by atomic mass is 16.5. The highest BCUT2D eigenvalue weighted by Gasteiger charge is 2.18. The van der Waals surface area contributed by atoms with Crippen molar-refractivity contribution in [1.29, 1.82) is 0 Å². The molecule has 0 atom stereocenters. The van der Waals surface area contributed by atoms with Crippen LogP contribution < -0.4 is 10.6 Å². The van der Waals surface area contributed by atoms with Crippen LogP contribution in [0.1, 0.15) is 17.3 Å². The van der Waals surface area contributed by atoms with Crippen LogP contribution in [0, 0.1) is 0 Å². The number of carbonyl (C=O) groups is 1. The maximum Gasteiger partial charge on any atom is 0.340 e. The first kappa shape index (κ1) is 13.9. The molecule has 0 spiro atoms. The number of esters is 1. The van der Waals surface area contributed by atoms with Gasteiger partial charge in [-0.3, -0.25) is 0 Å². The second-order valence-electron chi connectivity index (χ2n) is 4.17. The van der Waals surface area contributed by atoms with E-state index in [1.807, 2.05) is 42.2 Å². The number of para-hydroxylation sites is 1. The third-order valence-electron chi connectivity index (χ3n) is 3.01. The Bertz CT molecular complexity index is 599. The predicted octanol–water partition coefficient (Wildman–Crippen LogP) is 2.61. The Morgan fingerprint density at radius 3 is 2.60 bits per heavy atom. The SMILES string of the molecule is CCN(c1ccccc1)c1nccc(C(=O)OC)c1N. The monoisotopic (exact) mass is 271 g/mol. The number of aromatic nitrogens is 1. The summed E-state index contributed by atoms with van der Waals surface area (Å²) in [5.41, 5.74) is 7.69. The molecule has 5 heteroatoms. The molecule has 0 amide bonds. The normalized spacial score (nSPS) is 10.1. The first-order valence-electron chi connectivity index (χ1n) is 6.34. The summed E-state index contributed by atoms with van der Waals surface area (Å²) in [5.74, 6) is 0.0943. The number of nitrogens with two attached hydrogens (primary N) is 1. The zero-order chi connectivity index (χ0) is 14.5. The molecule has 0 fully saturated rings. The van der Waals surface area contributed by atoms with Crippen molar-refractivity contribution in [3.05, 3.63) is 48.2 Å². The van der Waals surface area contributed by atoms with E-state index < -0.39 is 5.97 Å². The van der Waals surface area contributed by atoms with Gasteiger partial charge in [0, 0.05) is 18.4 Å². The van der Waals surface area contributed by atoms with E-state index >= 15 is 0 Å². The summed E-state index contributed by atoms with van der Waals surface area (Å²) in [6.45, 7) is 2.69. The predicted molar refractivity (Wildman–Crippen MR) is 79.1 cm³/mol. The van der Waals surface area contributed by atoms with Crippen molar-refractivity contribution >= 4 is 23.2 Å². The van der Waals surface area contributed by atoms with Gasteiger partial charge in [0.2, 0.25) is 0 Å². The lowest BCUT2D eigenvalue weighted by molar-refractivity contribution is 0.0602. The quantitative estimate of drug-likeness (QED) is 0.866. The van der Waals surface area contributed by atoms with E-state index in [0.29, 0.717) is 23.6 Å². The standard InChI is InChI=1S/C15H17N3O2/c1-3-18(11-7-5-4-6-8-11)14-13(16)12(9-10-17-14)15(19)20-2/h4-10H,3,16H2,1-2H3. The molecule has 2 aromatic rings. The molecule has 0 aliphatic rings. The lowest BCUT2D eigenvalue weighted by atomic mass is 10.2. The summed E-state index contributed by atoms with van der Waals surface area (Å²) in [6.07, 6.45) is 1.56. The highest BCUT2D eigenvalue weighted by Crippen LogP contribution is 2.30. The molecule has 1 heterocycles. The van der Waals surface area contributed by atoms with E-state index in [9.17, 15) is 4.79 Å². The van der Waals surface area contributed by atoms with E-state index in [1.165, 1.54) is 7.11 Å². The van der Waals surface area contributed by atoms with Gasteiger partial charge < -0.3 is 15.4 Å². The summed E-state index contributed by atoms with van der Waals surface area (Å²) in [6, 6.07) is 11.3. The Balaban J connectivity index is 2.48. The van der Waals surface area contributed by atoms with Gasteiger partial charge in [0.05, 0.1) is 18.4 Å². The molecule has 0 unspecified atom stereocenters. The lowest BCUT2D eigenvalue weighted by Gasteiger charge is -2.24. The van der Waals surface area contributed by atoms with Crippen LogP contribution in [0.25, 0.3) is 0 Å². The Morgan fingerprint density at radius 2 is 2.00 bits per heavy atom. The zero-order valence-corrected chi connectivity index (χ0v) is 11.5. The van der Waals surface area contributed by atoms with E-state index in [-0.39, 0.29) is 0 Å². The molecule has 20 heavy (non-hydrogen) atoms. The molecule has 104 valence electrons. The molecule has 1 aromatic carbocycles. The van der Waals surface area contributed by atoms with Gasteiger partial charge in [0.15, 0.2) is 5.82 Å². The van der Waals surface area contributed by atoms with Gasteiger partial charge in [-0.1, -0.05) is 18.2 Å². The molecule has 0 aliphatic carbocycles. The van der Waals surface area contributed by atoms with Gasteiger partial charge in [-0.25, -0.2) is 9.78 Å². The summed E-state index contributed by atoms with van der Waals surface area (Å²) >= 11 is 0. The molecule has 0 aliphatic heterocycles. The van der Waals surface area contributed by atoms with Gasteiger partial charge in [-0.05, 0) is 25.1 Å². The number of ether oxygens (including phenoxy) is 1. The summed E-state index contributed by atoms with van der Waals surface area (Å²) in [4.78, 5) is 17.9. The highest BCUT2D eigenvalue weighted by molar-refractivity contribution is 5.98. The number of benzene rings is 1. The van der Waals surface area contributed by atoms with Crippen molar-refractivity contribution in [1.82, 2.24) is 4.98 Å². The number of pyridine rings is 1. The second-order valence-corrected chi connectivity index (χ2v) is 4.17. The second kappa shape index (κ2) is 6.06. The van der Waals surface area contributed by atoms with E-state index in [1.54, 1.807) is 12.3 Å². The molecule has 1 aromatic heterocycles. The number of nitrogens with zero attached hydrogens (tertiary/aromatic N) is 2. The third kappa shape index (κ3) is 2.56. The van der Waals surface area contributed by atoms with Crippen LogP contribution in [0.5, 0.6) is 0 Å². The minimum Gasteiger partial charge on any atom is -0.465 e. The van der Waals surface area contributed by atoms with Crippen molar-refractivity contribution in [3.63, 3.8) is 0 Å². The Labute approximate surface area is 118 Å². The smallest absolute Gasteiger partial charge is 0.340 e. The Kier molecular flexibility index (Phi) is 4.20. The van der Waals surface area contributed by atoms with Gasteiger partial charge >= 0.3 is 5.97 Å². The summed E-state index contributed by atoms with van der Waals surface area (Å²) in [5, 5.41) is 0. The van der Waals surface area contributed by atoms with Crippen LogP contribution in [0.15, 0.2) is 42.6 Å². The summed E-state index contributed by atoms with van der Waals surface area (Å²) in [7, 11) is 1.33. The van der Waals surface area contributed by atoms with Gasteiger partial charge in [0.1, 0.15) is 0 Å². The van der Waals surface area contributed by atoms with Crippen molar-refractivity contribution in [2.75, 3.05) is 24.3 Å². The van der Waals surface area contributed by atoms with Crippen molar-refractivity contribution in [3.8, 4) is 0 Å². The van der Waals surface area contributed by atoms with Crippen molar-refractivity contribution < 1.29 is 9.53 Å². The number of nitrogen functional groups attached to an aromatic ring is 1. The van der Waals surface area contributed by atoms with Crippen LogP contribution in [-0.2, 0) is 4.74 Å². The third-order valence-corrected chi connectivity index (χ3v) is 3.01. The molecule has 2 N–H and O–H groups in total. The topological polar surface area (TPSA) is 68.5 Å². The van der Waals surface area contributed by atoms with Gasteiger partial charge in [-0.15, -0.1) is 0 Å². The molecule has 0 saturated carbocycles. The average Bonchev–Trinajstić information content (AvgIpc) is 2.50. The van der Waals surface area contributed by atoms with Crippen LogP contribution in [-0.4, -0.2) is 24.6 Å². The zero-order valence-electron chi connectivity index (χ0n) is 11.5. The Morgan fingerprint density at radius 1 is 1.30 bits per heavy atom. The fourth-order valence-corrected chi connectivity index (χ4v) is 2.03.